The van der Waals surface area contributed by atoms with E-state index in [1.165, 1.54) is 225 Å². The average Bonchev–Trinajstić information content (AvgIpc) is 3.29. The van der Waals surface area contributed by atoms with Crippen molar-refractivity contribution in [2.75, 3.05) is 13.2 Å². The SMILES string of the molecule is CCCCCCCCC/C=C\CCCCCCCCCC(=O)OC(COC(=O)CCCCCCCCC)COC(=O)CCCCCCCCCCCCCCCCCCCCCCC. The predicted molar refractivity (Wildman–Crippen MR) is 275 cm³/mol. The quantitative estimate of drug-likeness (QED) is 0.0262. The van der Waals surface area contributed by atoms with E-state index in [1.807, 2.05) is 0 Å². The average molecular weight is 904 g/mol. The molecule has 0 aliphatic carbocycles. The van der Waals surface area contributed by atoms with Gasteiger partial charge in [0, 0.05) is 19.3 Å². The molecule has 0 rings (SSSR count). The summed E-state index contributed by atoms with van der Waals surface area (Å²) in [6, 6.07) is 0. The van der Waals surface area contributed by atoms with Crippen LogP contribution in [0.25, 0.3) is 0 Å². The summed E-state index contributed by atoms with van der Waals surface area (Å²) < 4.78 is 16.8. The van der Waals surface area contributed by atoms with Gasteiger partial charge < -0.3 is 14.2 Å². The molecular weight excluding hydrogens is 793 g/mol. The summed E-state index contributed by atoms with van der Waals surface area (Å²) >= 11 is 0. The maximum Gasteiger partial charge on any atom is 0.306 e. The largest absolute Gasteiger partial charge is 0.462 e. The van der Waals surface area contributed by atoms with Crippen molar-refractivity contribution in [3.05, 3.63) is 12.2 Å². The van der Waals surface area contributed by atoms with Crippen LogP contribution < -0.4 is 0 Å². The molecule has 6 nitrogen and oxygen atoms in total. The van der Waals surface area contributed by atoms with E-state index in [1.54, 1.807) is 0 Å². The van der Waals surface area contributed by atoms with E-state index in [0.29, 0.717) is 19.3 Å². The second kappa shape index (κ2) is 53.8. The molecule has 64 heavy (non-hydrogen) atoms. The number of unbranched alkanes of at least 4 members (excludes halogenated alkanes) is 40. The van der Waals surface area contributed by atoms with E-state index in [0.717, 1.165) is 57.8 Å². The number of rotatable bonds is 53. The Hall–Kier alpha value is -1.85. The van der Waals surface area contributed by atoms with E-state index in [-0.39, 0.29) is 31.1 Å². The van der Waals surface area contributed by atoms with Gasteiger partial charge in [0.15, 0.2) is 6.10 Å². The minimum Gasteiger partial charge on any atom is -0.462 e. The second-order valence-corrected chi connectivity index (χ2v) is 19.6. The standard InChI is InChI=1S/C58H110O6/c1-4-7-10-13-16-18-20-22-24-26-28-29-30-32-33-35-37-39-42-45-48-51-57(60)63-54-55(53-62-56(59)50-47-44-41-15-12-9-6-3)64-58(61)52-49-46-43-40-38-36-34-31-27-25-23-21-19-17-14-11-8-5-2/h25,27,55H,4-24,26,28-54H2,1-3H3/b27-25-. The molecule has 0 heterocycles. The maximum atomic E-state index is 12.8. The molecule has 0 aromatic carbocycles. The first-order valence-electron chi connectivity index (χ1n) is 28.7. The molecule has 0 radical (unpaired) electrons. The molecule has 0 spiro atoms. The highest BCUT2D eigenvalue weighted by molar-refractivity contribution is 5.71. The number of hydrogen-bond acceptors (Lipinski definition) is 6. The normalized spacial score (nSPS) is 12.0. The third kappa shape index (κ3) is 51.1. The molecular formula is C58H110O6. The molecule has 6 heteroatoms. The molecule has 1 atom stereocenters. The lowest BCUT2D eigenvalue weighted by Gasteiger charge is -2.18. The smallest absolute Gasteiger partial charge is 0.306 e. The summed E-state index contributed by atoms with van der Waals surface area (Å²) in [5, 5.41) is 0. The van der Waals surface area contributed by atoms with Crippen LogP contribution in [0.3, 0.4) is 0 Å². The van der Waals surface area contributed by atoms with Crippen molar-refractivity contribution < 1.29 is 28.6 Å². The molecule has 0 aromatic rings. The maximum absolute atomic E-state index is 12.8. The first-order valence-corrected chi connectivity index (χ1v) is 28.7. The summed E-state index contributed by atoms with van der Waals surface area (Å²) in [6.45, 7) is 6.64. The van der Waals surface area contributed by atoms with Gasteiger partial charge in [-0.3, -0.25) is 14.4 Å². The summed E-state index contributed by atoms with van der Waals surface area (Å²) in [5.41, 5.74) is 0. The van der Waals surface area contributed by atoms with Crippen LogP contribution in [0.5, 0.6) is 0 Å². The summed E-state index contributed by atoms with van der Waals surface area (Å²) in [7, 11) is 0. The van der Waals surface area contributed by atoms with Crippen LogP contribution in [-0.4, -0.2) is 37.2 Å². The Bertz CT molecular complexity index is 993. The van der Waals surface area contributed by atoms with Crippen LogP contribution in [0.1, 0.15) is 323 Å². The van der Waals surface area contributed by atoms with Gasteiger partial charge in [0.1, 0.15) is 13.2 Å². The fourth-order valence-electron chi connectivity index (χ4n) is 8.68. The Kier molecular flexibility index (Phi) is 52.2. The Balaban J connectivity index is 4.14. The van der Waals surface area contributed by atoms with Crippen molar-refractivity contribution >= 4 is 17.9 Å². The molecule has 0 N–H and O–H groups in total. The zero-order chi connectivity index (χ0) is 46.5. The number of ether oxygens (including phenoxy) is 3. The molecule has 0 bridgehead atoms. The van der Waals surface area contributed by atoms with E-state index >= 15 is 0 Å². The van der Waals surface area contributed by atoms with Crippen LogP contribution in [0, 0.1) is 0 Å². The fraction of sp³-hybridized carbons (Fsp3) is 0.914. The molecule has 1 unspecified atom stereocenters. The topological polar surface area (TPSA) is 78.9 Å². The summed E-state index contributed by atoms with van der Waals surface area (Å²) in [5.74, 6) is -0.857. The first kappa shape index (κ1) is 62.1. The van der Waals surface area contributed by atoms with Crippen molar-refractivity contribution in [2.24, 2.45) is 0 Å². The number of esters is 3. The monoisotopic (exact) mass is 903 g/mol. The number of allylic oxidation sites excluding steroid dienone is 2. The van der Waals surface area contributed by atoms with E-state index in [9.17, 15) is 14.4 Å². The van der Waals surface area contributed by atoms with Gasteiger partial charge >= 0.3 is 17.9 Å². The van der Waals surface area contributed by atoms with Crippen LogP contribution in [-0.2, 0) is 28.6 Å². The lowest BCUT2D eigenvalue weighted by molar-refractivity contribution is -0.167. The molecule has 0 aromatic heterocycles. The van der Waals surface area contributed by atoms with Crippen molar-refractivity contribution in [3.8, 4) is 0 Å². The van der Waals surface area contributed by atoms with Crippen LogP contribution in [0.4, 0.5) is 0 Å². The van der Waals surface area contributed by atoms with Gasteiger partial charge in [0.25, 0.3) is 0 Å². The summed E-state index contributed by atoms with van der Waals surface area (Å²) in [4.78, 5) is 37.9. The zero-order valence-electron chi connectivity index (χ0n) is 43.3. The van der Waals surface area contributed by atoms with Crippen molar-refractivity contribution in [1.29, 1.82) is 0 Å². The Morgan fingerprint density at radius 3 is 0.781 bits per heavy atom. The van der Waals surface area contributed by atoms with E-state index in [2.05, 4.69) is 32.9 Å². The highest BCUT2D eigenvalue weighted by Crippen LogP contribution is 2.17. The second-order valence-electron chi connectivity index (χ2n) is 19.6. The number of carbonyl (C=O) groups is 3. The van der Waals surface area contributed by atoms with Crippen LogP contribution in [0.2, 0.25) is 0 Å². The van der Waals surface area contributed by atoms with E-state index in [4.69, 9.17) is 14.2 Å². The molecule has 378 valence electrons. The van der Waals surface area contributed by atoms with Crippen LogP contribution >= 0.6 is 0 Å². The minimum absolute atomic E-state index is 0.0666. The zero-order valence-corrected chi connectivity index (χ0v) is 43.3. The lowest BCUT2D eigenvalue weighted by Crippen LogP contribution is -2.30. The van der Waals surface area contributed by atoms with Gasteiger partial charge in [-0.2, -0.15) is 0 Å². The van der Waals surface area contributed by atoms with Gasteiger partial charge in [0.2, 0.25) is 0 Å². The molecule has 0 aliphatic rings. The minimum atomic E-state index is -0.765. The molecule has 0 fully saturated rings. The van der Waals surface area contributed by atoms with Crippen molar-refractivity contribution in [2.45, 2.75) is 329 Å². The lowest BCUT2D eigenvalue weighted by atomic mass is 10.0. The van der Waals surface area contributed by atoms with Gasteiger partial charge in [0.05, 0.1) is 0 Å². The van der Waals surface area contributed by atoms with Gasteiger partial charge in [-0.05, 0) is 44.9 Å². The van der Waals surface area contributed by atoms with Crippen LogP contribution in [0.15, 0.2) is 12.2 Å². The molecule has 0 amide bonds. The third-order valence-corrected chi connectivity index (χ3v) is 13.0. The Morgan fingerprint density at radius 1 is 0.297 bits per heavy atom. The highest BCUT2D eigenvalue weighted by atomic mass is 16.6. The fourth-order valence-corrected chi connectivity index (χ4v) is 8.68. The predicted octanol–water partition coefficient (Wildman–Crippen LogP) is 18.9. The third-order valence-electron chi connectivity index (χ3n) is 13.0. The molecule has 0 aliphatic heterocycles. The molecule has 0 saturated heterocycles. The highest BCUT2D eigenvalue weighted by Gasteiger charge is 2.19. The van der Waals surface area contributed by atoms with E-state index < -0.39 is 6.10 Å². The Labute approximate surface area is 399 Å². The van der Waals surface area contributed by atoms with Gasteiger partial charge in [-0.15, -0.1) is 0 Å². The molecule has 0 saturated carbocycles. The van der Waals surface area contributed by atoms with Crippen molar-refractivity contribution in [1.82, 2.24) is 0 Å². The Morgan fingerprint density at radius 2 is 0.516 bits per heavy atom. The first-order chi connectivity index (χ1) is 31.5. The number of hydrogen-bond donors (Lipinski definition) is 0. The number of carbonyl (C=O) groups excluding carboxylic acids is 3. The van der Waals surface area contributed by atoms with Gasteiger partial charge in [-0.1, -0.05) is 270 Å². The summed E-state index contributed by atoms with van der Waals surface area (Å²) in [6.07, 6.45) is 60.8. The van der Waals surface area contributed by atoms with Gasteiger partial charge in [-0.25, -0.2) is 0 Å². The van der Waals surface area contributed by atoms with Crippen molar-refractivity contribution in [3.63, 3.8) is 0 Å².